The Morgan fingerprint density at radius 3 is 2.32 bits per heavy atom. The van der Waals surface area contributed by atoms with Gasteiger partial charge in [-0.05, 0) is 92.3 Å². The van der Waals surface area contributed by atoms with Crippen LogP contribution >= 0.6 is 0 Å². The quantitative estimate of drug-likeness (QED) is 0.129. The number of hydrogen-bond acceptors (Lipinski definition) is 3. The zero-order chi connectivity index (χ0) is 43.0. The SMILES string of the molecule is C=C(/C=C\C=C/C)C(C)(C)C(=C)/C(C)=C\c1c(C)n(-c2ccccc2)c2c1=CC(C1=c3oc4c(-c5nc(-c6ccccc6)c6ccccc6n5)cccc4c3=CCC=C1)=CCC=2. The van der Waals surface area contributed by atoms with Crippen LogP contribution in [0.1, 0.15) is 51.8 Å². The molecule has 0 spiro atoms. The van der Waals surface area contributed by atoms with Crippen molar-refractivity contribution in [2.75, 3.05) is 0 Å². The van der Waals surface area contributed by atoms with Gasteiger partial charge in [0.25, 0.3) is 0 Å². The second kappa shape index (κ2) is 16.6. The molecular formula is C58H51N3O. The molecule has 0 unspecified atom stereocenters. The third-order valence-corrected chi connectivity index (χ3v) is 12.4. The van der Waals surface area contributed by atoms with Gasteiger partial charge in [-0.15, -0.1) is 0 Å². The summed E-state index contributed by atoms with van der Waals surface area (Å²) in [5.41, 5.74) is 13.8. The lowest BCUT2D eigenvalue weighted by Gasteiger charge is -2.29. The third-order valence-electron chi connectivity index (χ3n) is 12.4. The van der Waals surface area contributed by atoms with E-state index in [0.717, 1.165) is 107 Å². The van der Waals surface area contributed by atoms with Crippen molar-refractivity contribution in [1.29, 1.82) is 0 Å². The van der Waals surface area contributed by atoms with Crippen LogP contribution in [0.15, 0.2) is 186 Å². The van der Waals surface area contributed by atoms with Gasteiger partial charge < -0.3 is 8.98 Å². The first kappa shape index (κ1) is 40.1. The largest absolute Gasteiger partial charge is 0.455 e. The van der Waals surface area contributed by atoms with Gasteiger partial charge in [0.1, 0.15) is 11.0 Å². The van der Waals surface area contributed by atoms with Gasteiger partial charge in [0.05, 0.1) is 22.1 Å². The Labute approximate surface area is 364 Å². The van der Waals surface area contributed by atoms with E-state index in [1.807, 2.05) is 43.4 Å². The van der Waals surface area contributed by atoms with Gasteiger partial charge in [0.2, 0.25) is 0 Å². The topological polar surface area (TPSA) is 43.9 Å². The average Bonchev–Trinajstić information content (AvgIpc) is 3.56. The second-order valence-corrected chi connectivity index (χ2v) is 16.6. The first-order valence-corrected chi connectivity index (χ1v) is 21.5. The van der Waals surface area contributed by atoms with E-state index in [1.165, 1.54) is 11.0 Å². The molecule has 0 aliphatic heterocycles. The molecule has 0 amide bonds. The molecule has 0 fully saturated rings. The average molecular weight is 806 g/mol. The van der Waals surface area contributed by atoms with E-state index in [9.17, 15) is 0 Å². The number of hydrogen-bond donors (Lipinski definition) is 0. The highest BCUT2D eigenvalue weighted by Gasteiger charge is 2.26. The molecule has 4 nitrogen and oxygen atoms in total. The lowest BCUT2D eigenvalue weighted by atomic mass is 9.75. The molecular weight excluding hydrogens is 755 g/mol. The zero-order valence-corrected chi connectivity index (χ0v) is 36.2. The van der Waals surface area contributed by atoms with Crippen LogP contribution in [0.4, 0.5) is 0 Å². The highest BCUT2D eigenvalue weighted by Crippen LogP contribution is 2.38. The van der Waals surface area contributed by atoms with Crippen molar-refractivity contribution in [3.05, 3.63) is 214 Å². The van der Waals surface area contributed by atoms with Crippen molar-refractivity contribution >= 4 is 51.7 Å². The number of nitrogens with zero attached hydrogens (tertiary/aromatic N) is 3. The number of para-hydroxylation sites is 3. The molecule has 0 radical (unpaired) electrons. The van der Waals surface area contributed by atoms with Crippen LogP contribution in [-0.4, -0.2) is 14.5 Å². The smallest absolute Gasteiger partial charge is 0.164 e. The van der Waals surface area contributed by atoms with E-state index in [2.05, 4.69) is 179 Å². The van der Waals surface area contributed by atoms with Crippen molar-refractivity contribution in [3.63, 3.8) is 0 Å². The van der Waals surface area contributed by atoms with Gasteiger partial charge >= 0.3 is 0 Å². The van der Waals surface area contributed by atoms with E-state index >= 15 is 0 Å². The summed E-state index contributed by atoms with van der Waals surface area (Å²) >= 11 is 0. The van der Waals surface area contributed by atoms with Gasteiger partial charge in [-0.3, -0.25) is 0 Å². The van der Waals surface area contributed by atoms with E-state index in [0.29, 0.717) is 5.82 Å². The fourth-order valence-corrected chi connectivity index (χ4v) is 8.79. The molecule has 7 aromatic rings. The molecule has 4 aromatic carbocycles. The fourth-order valence-electron chi connectivity index (χ4n) is 8.79. The summed E-state index contributed by atoms with van der Waals surface area (Å²) in [6.07, 6.45) is 25.8. The molecule has 3 heterocycles. The predicted octanol–water partition coefficient (Wildman–Crippen LogP) is 12.0. The summed E-state index contributed by atoms with van der Waals surface area (Å²) in [5.74, 6) is 0.639. The van der Waals surface area contributed by atoms with Crippen LogP contribution < -0.4 is 21.2 Å². The van der Waals surface area contributed by atoms with Crippen LogP contribution in [0.3, 0.4) is 0 Å². The maximum atomic E-state index is 7.11. The third kappa shape index (κ3) is 7.22. The molecule has 9 rings (SSSR count). The van der Waals surface area contributed by atoms with E-state index in [4.69, 9.17) is 14.4 Å². The molecule has 62 heavy (non-hydrogen) atoms. The Morgan fingerprint density at radius 2 is 1.53 bits per heavy atom. The van der Waals surface area contributed by atoms with Crippen LogP contribution in [0.25, 0.3) is 80.1 Å². The Balaban J connectivity index is 1.24. The summed E-state index contributed by atoms with van der Waals surface area (Å²) in [5, 5.41) is 5.48. The second-order valence-electron chi connectivity index (χ2n) is 16.6. The van der Waals surface area contributed by atoms with E-state index in [-0.39, 0.29) is 5.41 Å². The molecule has 0 bridgehead atoms. The van der Waals surface area contributed by atoms with Crippen molar-refractivity contribution in [3.8, 4) is 28.3 Å². The van der Waals surface area contributed by atoms with Gasteiger partial charge in [0, 0.05) is 54.7 Å². The van der Waals surface area contributed by atoms with E-state index in [1.54, 1.807) is 0 Å². The van der Waals surface area contributed by atoms with Crippen LogP contribution in [-0.2, 0) is 0 Å². The summed E-state index contributed by atoms with van der Waals surface area (Å²) in [6, 6.07) is 35.6. The number of rotatable bonds is 10. The normalized spacial score (nSPS) is 14.2. The lowest BCUT2D eigenvalue weighted by molar-refractivity contribution is 0.564. The highest BCUT2D eigenvalue weighted by atomic mass is 16.3. The van der Waals surface area contributed by atoms with Gasteiger partial charge in [0.15, 0.2) is 5.82 Å². The lowest BCUT2D eigenvalue weighted by Crippen LogP contribution is -2.29. The molecule has 0 N–H and O–H groups in total. The fraction of sp³-hybridized carbons (Fsp3) is 0.138. The van der Waals surface area contributed by atoms with Gasteiger partial charge in [-0.25, -0.2) is 9.97 Å². The van der Waals surface area contributed by atoms with Crippen LogP contribution in [0.5, 0.6) is 0 Å². The molecule has 304 valence electrons. The van der Waals surface area contributed by atoms with Crippen molar-refractivity contribution < 1.29 is 4.42 Å². The number of furan rings is 1. The van der Waals surface area contributed by atoms with Crippen molar-refractivity contribution in [1.82, 2.24) is 14.5 Å². The number of fused-ring (bicyclic) bond motifs is 5. The molecule has 2 aliphatic rings. The summed E-state index contributed by atoms with van der Waals surface area (Å²) in [4.78, 5) is 10.4. The molecule has 0 saturated heterocycles. The van der Waals surface area contributed by atoms with Crippen LogP contribution in [0.2, 0.25) is 0 Å². The number of benzene rings is 4. The predicted molar refractivity (Wildman–Crippen MR) is 262 cm³/mol. The molecule has 0 atom stereocenters. The maximum Gasteiger partial charge on any atom is 0.164 e. The highest BCUT2D eigenvalue weighted by molar-refractivity contribution is 5.97. The minimum atomic E-state index is -0.346. The maximum absolute atomic E-state index is 7.11. The monoisotopic (exact) mass is 805 g/mol. The molecule has 3 aromatic heterocycles. The number of allylic oxidation sites excluding steroid dienone is 11. The van der Waals surface area contributed by atoms with Gasteiger partial charge in [-0.1, -0.05) is 161 Å². The van der Waals surface area contributed by atoms with Crippen molar-refractivity contribution in [2.24, 2.45) is 5.41 Å². The Kier molecular flexibility index (Phi) is 10.8. The minimum absolute atomic E-state index is 0.346. The van der Waals surface area contributed by atoms with Crippen molar-refractivity contribution in [2.45, 2.75) is 47.5 Å². The Bertz CT molecular complexity index is 3360. The number of aromatic nitrogens is 3. The summed E-state index contributed by atoms with van der Waals surface area (Å²) in [7, 11) is 0. The van der Waals surface area contributed by atoms with Gasteiger partial charge in [-0.2, -0.15) is 0 Å². The summed E-state index contributed by atoms with van der Waals surface area (Å²) < 4.78 is 9.50. The Morgan fingerprint density at radius 1 is 0.790 bits per heavy atom. The summed E-state index contributed by atoms with van der Waals surface area (Å²) in [6.45, 7) is 19.9. The molecule has 0 saturated carbocycles. The molecule has 4 heteroatoms. The molecule has 2 aliphatic carbocycles. The van der Waals surface area contributed by atoms with Crippen LogP contribution in [0, 0.1) is 12.3 Å². The first-order chi connectivity index (χ1) is 30.2. The zero-order valence-electron chi connectivity index (χ0n) is 36.2. The standard InChI is InChI=1S/C58H51N3O/c1-8-9-12-23-39(3)58(6,7)40(4)38(2)36-50-41(5)61(44-27-15-11-16-28-44)53-35-21-26-43(37-51(50)53)45-29-17-18-30-46-47-32-22-33-49(56(47)62-55(45)46)57-59-52-34-20-19-31-48(52)54(60-57)42-24-13-10-14-25-42/h8-17,19-20,22-37H,3-4,18,21H2,1-2,5-7H3/b9-8-,23-12-,38-36-. The minimum Gasteiger partial charge on any atom is -0.455 e. The first-order valence-electron chi connectivity index (χ1n) is 21.5. The Hall–Kier alpha value is -7.30. The van der Waals surface area contributed by atoms with E-state index < -0.39 is 0 Å².